The molecule has 5 rings (SSSR count). The van der Waals surface area contributed by atoms with E-state index in [2.05, 4.69) is 74.4 Å². The minimum absolute atomic E-state index is 0.663. The smallest absolute Gasteiger partial charge is 0.180 e. The van der Waals surface area contributed by atoms with E-state index in [4.69, 9.17) is 4.98 Å². The summed E-state index contributed by atoms with van der Waals surface area (Å²) in [6, 6.07) is 18.8. The second kappa shape index (κ2) is 8.70. The molecule has 32 heavy (non-hydrogen) atoms. The fourth-order valence-electron chi connectivity index (χ4n) is 4.06. The molecule has 0 atom stereocenters. The van der Waals surface area contributed by atoms with E-state index >= 15 is 0 Å². The number of imidazole rings is 1. The average molecular weight is 424 g/mol. The van der Waals surface area contributed by atoms with Crippen molar-refractivity contribution in [2.45, 2.75) is 39.7 Å². The summed E-state index contributed by atoms with van der Waals surface area (Å²) in [5.41, 5.74) is 7.54. The maximum atomic E-state index is 4.93. The molecule has 3 aromatic heterocycles. The monoisotopic (exact) mass is 423 g/mol. The van der Waals surface area contributed by atoms with E-state index in [9.17, 15) is 0 Å². The van der Waals surface area contributed by atoms with Crippen LogP contribution in [0.2, 0.25) is 0 Å². The molecule has 0 aliphatic rings. The summed E-state index contributed by atoms with van der Waals surface area (Å²) in [7, 11) is 0. The van der Waals surface area contributed by atoms with Crippen LogP contribution in [-0.2, 0) is 13.0 Å². The quantitative estimate of drug-likeness (QED) is 0.399. The Hall–Kier alpha value is -3.87. The summed E-state index contributed by atoms with van der Waals surface area (Å²) in [5, 5.41) is 14.4. The van der Waals surface area contributed by atoms with Crippen LogP contribution in [0.15, 0.2) is 60.8 Å². The van der Waals surface area contributed by atoms with Crippen molar-refractivity contribution in [2.75, 3.05) is 0 Å². The number of hydrogen-bond acceptors (Lipinski definition) is 5. The van der Waals surface area contributed by atoms with Crippen LogP contribution in [-0.4, -0.2) is 35.2 Å². The van der Waals surface area contributed by atoms with Gasteiger partial charge in [0.25, 0.3) is 0 Å². The van der Waals surface area contributed by atoms with Crippen molar-refractivity contribution in [1.82, 2.24) is 35.2 Å². The largest absolute Gasteiger partial charge is 0.308 e. The first-order chi connectivity index (χ1) is 15.7. The molecule has 0 aliphatic heterocycles. The van der Waals surface area contributed by atoms with Crippen molar-refractivity contribution in [2.24, 2.45) is 0 Å². The molecule has 0 saturated carbocycles. The number of nitrogens with one attached hydrogen (secondary N) is 1. The van der Waals surface area contributed by atoms with E-state index in [-0.39, 0.29) is 0 Å². The van der Waals surface area contributed by atoms with Crippen LogP contribution in [0.25, 0.3) is 33.7 Å². The Morgan fingerprint density at radius 2 is 1.78 bits per heavy atom. The lowest BCUT2D eigenvalue weighted by atomic mass is 9.98. The van der Waals surface area contributed by atoms with E-state index in [0.717, 1.165) is 59.5 Å². The Labute approximate surface area is 186 Å². The number of fused-ring (bicyclic) bond motifs is 1. The molecule has 7 heteroatoms. The normalized spacial score (nSPS) is 11.3. The summed E-state index contributed by atoms with van der Waals surface area (Å²) < 4.78 is 2.27. The maximum absolute atomic E-state index is 4.93. The number of aryl methyl sites for hydroxylation is 2. The van der Waals surface area contributed by atoms with Crippen LogP contribution in [0.3, 0.4) is 0 Å². The lowest BCUT2D eigenvalue weighted by molar-refractivity contribution is 0.686. The molecule has 160 valence electrons. The van der Waals surface area contributed by atoms with E-state index in [0.29, 0.717) is 5.82 Å². The highest BCUT2D eigenvalue weighted by atomic mass is 15.5. The molecule has 0 amide bonds. The number of nitrogens with zero attached hydrogens (tertiary/aromatic N) is 6. The molecule has 3 heterocycles. The number of benzene rings is 2. The van der Waals surface area contributed by atoms with Gasteiger partial charge in [-0.1, -0.05) is 61.9 Å². The number of tetrazole rings is 1. The highest BCUT2D eigenvalue weighted by molar-refractivity contribution is 5.80. The zero-order valence-electron chi connectivity index (χ0n) is 18.3. The predicted octanol–water partition coefficient (Wildman–Crippen LogP) is 4.98. The molecule has 7 nitrogen and oxygen atoms in total. The molecule has 0 aliphatic carbocycles. The number of H-pyrrole nitrogens is 1. The van der Waals surface area contributed by atoms with Crippen LogP contribution in [0.1, 0.15) is 36.7 Å². The fourth-order valence-corrected chi connectivity index (χ4v) is 4.06. The molecular weight excluding hydrogens is 398 g/mol. The van der Waals surface area contributed by atoms with E-state index in [1.807, 2.05) is 30.5 Å². The van der Waals surface area contributed by atoms with Gasteiger partial charge >= 0.3 is 0 Å². The summed E-state index contributed by atoms with van der Waals surface area (Å²) >= 11 is 0. The number of hydrogen-bond donors (Lipinski definition) is 1. The van der Waals surface area contributed by atoms with Gasteiger partial charge in [-0.3, -0.25) is 0 Å². The molecule has 0 saturated heterocycles. The van der Waals surface area contributed by atoms with Gasteiger partial charge in [-0.05, 0) is 52.1 Å². The number of aromatic amines is 1. The maximum Gasteiger partial charge on any atom is 0.180 e. The van der Waals surface area contributed by atoms with E-state index in [1.165, 1.54) is 11.1 Å². The molecule has 0 radical (unpaired) electrons. The third kappa shape index (κ3) is 3.77. The van der Waals surface area contributed by atoms with Crippen LogP contribution in [0, 0.1) is 6.92 Å². The number of rotatable bonds is 7. The Balaban J connectivity index is 1.48. The molecule has 0 spiro atoms. The van der Waals surface area contributed by atoms with Crippen molar-refractivity contribution in [3.63, 3.8) is 0 Å². The summed E-state index contributed by atoms with van der Waals surface area (Å²) in [5.74, 6) is 1.77. The van der Waals surface area contributed by atoms with Gasteiger partial charge in [-0.15, -0.1) is 5.10 Å². The molecular formula is C25H25N7. The second-order valence-corrected chi connectivity index (χ2v) is 8.01. The van der Waals surface area contributed by atoms with Gasteiger partial charge in [0.1, 0.15) is 11.3 Å². The molecule has 0 unspecified atom stereocenters. The van der Waals surface area contributed by atoms with Gasteiger partial charge in [-0.2, -0.15) is 0 Å². The Morgan fingerprint density at radius 3 is 2.53 bits per heavy atom. The molecule has 5 aromatic rings. The number of aromatic nitrogens is 7. The Kier molecular flexibility index (Phi) is 5.46. The van der Waals surface area contributed by atoms with E-state index in [1.54, 1.807) is 0 Å². The van der Waals surface area contributed by atoms with Crippen molar-refractivity contribution >= 4 is 11.2 Å². The highest BCUT2D eigenvalue weighted by Gasteiger charge is 2.14. The SMILES string of the molecule is CCCCc1nc2c(C)ccnc2n1Cc1ccc(-c2ccccc2-c2nnn[nH]2)cc1. The first kappa shape index (κ1) is 20.1. The van der Waals surface area contributed by atoms with Crippen molar-refractivity contribution in [3.8, 4) is 22.5 Å². The lowest BCUT2D eigenvalue weighted by Gasteiger charge is -2.11. The average Bonchev–Trinajstić information content (AvgIpc) is 3.48. The zero-order chi connectivity index (χ0) is 21.9. The standard InChI is InChI=1S/C25H25N7/c1-3-4-9-22-27-23-17(2)14-15-26-25(23)32(22)16-18-10-12-19(13-11-18)20-7-5-6-8-21(20)24-28-30-31-29-24/h5-8,10-15H,3-4,9,16H2,1-2H3,(H,28,29,30,31). The molecule has 1 N–H and O–H groups in total. The minimum atomic E-state index is 0.663. The molecule has 0 fully saturated rings. The molecule has 0 bridgehead atoms. The van der Waals surface area contributed by atoms with Gasteiger partial charge in [-0.25, -0.2) is 15.1 Å². The topological polar surface area (TPSA) is 85.2 Å². The Morgan fingerprint density at radius 1 is 0.969 bits per heavy atom. The molecule has 2 aromatic carbocycles. The van der Waals surface area contributed by atoms with Gasteiger partial charge < -0.3 is 4.57 Å². The van der Waals surface area contributed by atoms with Gasteiger partial charge in [0.15, 0.2) is 11.5 Å². The van der Waals surface area contributed by atoms with E-state index < -0.39 is 0 Å². The van der Waals surface area contributed by atoms with Crippen LogP contribution in [0.4, 0.5) is 0 Å². The highest BCUT2D eigenvalue weighted by Crippen LogP contribution is 2.30. The summed E-state index contributed by atoms with van der Waals surface area (Å²) in [6.45, 7) is 5.06. The van der Waals surface area contributed by atoms with Crippen LogP contribution >= 0.6 is 0 Å². The lowest BCUT2D eigenvalue weighted by Crippen LogP contribution is -2.06. The van der Waals surface area contributed by atoms with Crippen LogP contribution in [0.5, 0.6) is 0 Å². The van der Waals surface area contributed by atoms with Crippen molar-refractivity contribution in [1.29, 1.82) is 0 Å². The minimum Gasteiger partial charge on any atom is -0.308 e. The number of pyridine rings is 1. The first-order valence-electron chi connectivity index (χ1n) is 11.0. The first-order valence-corrected chi connectivity index (χ1v) is 11.0. The second-order valence-electron chi connectivity index (χ2n) is 8.01. The van der Waals surface area contributed by atoms with Gasteiger partial charge in [0.2, 0.25) is 0 Å². The zero-order valence-corrected chi connectivity index (χ0v) is 18.3. The number of unbranched alkanes of at least 4 members (excludes halogenated alkanes) is 1. The Bertz CT molecular complexity index is 1340. The third-order valence-electron chi connectivity index (χ3n) is 5.80. The van der Waals surface area contributed by atoms with Gasteiger partial charge in [0, 0.05) is 18.2 Å². The van der Waals surface area contributed by atoms with Crippen LogP contribution < -0.4 is 0 Å². The van der Waals surface area contributed by atoms with Gasteiger partial charge in [0.05, 0.1) is 6.54 Å². The predicted molar refractivity (Wildman–Crippen MR) is 125 cm³/mol. The third-order valence-corrected chi connectivity index (χ3v) is 5.80. The van der Waals surface area contributed by atoms with Crippen molar-refractivity contribution in [3.05, 3.63) is 77.7 Å². The summed E-state index contributed by atoms with van der Waals surface area (Å²) in [4.78, 5) is 9.58. The summed E-state index contributed by atoms with van der Waals surface area (Å²) in [6.07, 6.45) is 5.10. The van der Waals surface area contributed by atoms with Crippen molar-refractivity contribution < 1.29 is 0 Å². The fraction of sp³-hybridized carbons (Fsp3) is 0.240.